The van der Waals surface area contributed by atoms with E-state index in [1.165, 1.54) is 51.6 Å². The molecule has 3 unspecified atom stereocenters. The Kier molecular flexibility index (Phi) is 4.71. The van der Waals surface area contributed by atoms with Crippen molar-refractivity contribution in [2.24, 2.45) is 11.8 Å². The first-order valence-electron chi connectivity index (χ1n) is 7.99. The predicted octanol–water partition coefficient (Wildman–Crippen LogP) is 3.28. The van der Waals surface area contributed by atoms with Gasteiger partial charge in [0.1, 0.15) is 0 Å². The fourth-order valence-electron chi connectivity index (χ4n) is 4.10. The maximum absolute atomic E-state index is 3.57. The van der Waals surface area contributed by atoms with Crippen LogP contribution in [0, 0.1) is 11.8 Å². The second kappa shape index (κ2) is 5.92. The molecular weight excluding hydrogens is 220 g/mol. The molecule has 2 aliphatic rings. The molecule has 1 N–H and O–H groups in total. The number of hydrogen-bond acceptors (Lipinski definition) is 2. The van der Waals surface area contributed by atoms with E-state index < -0.39 is 0 Å². The van der Waals surface area contributed by atoms with Crippen LogP contribution in [0.1, 0.15) is 59.3 Å². The first kappa shape index (κ1) is 14.3. The topological polar surface area (TPSA) is 15.3 Å². The van der Waals surface area contributed by atoms with Crippen LogP contribution in [-0.2, 0) is 0 Å². The molecule has 0 amide bonds. The second-order valence-corrected chi connectivity index (χ2v) is 7.10. The van der Waals surface area contributed by atoms with Gasteiger partial charge in [0.15, 0.2) is 0 Å². The molecule has 2 heteroatoms. The van der Waals surface area contributed by atoms with Crippen molar-refractivity contribution in [2.75, 3.05) is 20.1 Å². The molecule has 1 aliphatic heterocycles. The highest BCUT2D eigenvalue weighted by molar-refractivity contribution is 4.92. The highest BCUT2D eigenvalue weighted by Gasteiger charge is 2.36. The third-order valence-electron chi connectivity index (χ3n) is 5.57. The maximum Gasteiger partial charge on any atom is 0.0153 e. The summed E-state index contributed by atoms with van der Waals surface area (Å²) in [6.07, 6.45) is 8.39. The summed E-state index contributed by atoms with van der Waals surface area (Å²) in [6, 6.07) is 0.754. The molecule has 106 valence electrons. The van der Waals surface area contributed by atoms with Crippen LogP contribution in [0.3, 0.4) is 0 Å². The van der Waals surface area contributed by atoms with Crippen molar-refractivity contribution < 1.29 is 0 Å². The maximum atomic E-state index is 3.57. The van der Waals surface area contributed by atoms with Crippen LogP contribution in [0.4, 0.5) is 0 Å². The van der Waals surface area contributed by atoms with Gasteiger partial charge in [-0.15, -0.1) is 0 Å². The number of likely N-dealkylation sites (tertiary alicyclic amines) is 1. The summed E-state index contributed by atoms with van der Waals surface area (Å²) < 4.78 is 0. The third kappa shape index (κ3) is 3.08. The fourth-order valence-corrected chi connectivity index (χ4v) is 4.10. The van der Waals surface area contributed by atoms with Crippen LogP contribution >= 0.6 is 0 Å². The Bertz CT molecular complexity index is 262. The van der Waals surface area contributed by atoms with Gasteiger partial charge >= 0.3 is 0 Å². The van der Waals surface area contributed by atoms with Gasteiger partial charge in [0.25, 0.3) is 0 Å². The van der Waals surface area contributed by atoms with Gasteiger partial charge in [-0.1, -0.05) is 13.3 Å². The zero-order valence-corrected chi connectivity index (χ0v) is 12.8. The van der Waals surface area contributed by atoms with Crippen LogP contribution < -0.4 is 5.32 Å². The van der Waals surface area contributed by atoms with Crippen molar-refractivity contribution in [3.8, 4) is 0 Å². The van der Waals surface area contributed by atoms with E-state index in [0.29, 0.717) is 5.54 Å². The van der Waals surface area contributed by atoms with Crippen molar-refractivity contribution in [3.63, 3.8) is 0 Å². The fraction of sp³-hybridized carbons (Fsp3) is 1.00. The molecule has 0 bridgehead atoms. The average Bonchev–Trinajstić information content (AvgIpc) is 2.68. The molecule has 0 aromatic heterocycles. The Hall–Kier alpha value is -0.0800. The van der Waals surface area contributed by atoms with E-state index in [1.54, 1.807) is 0 Å². The monoisotopic (exact) mass is 252 g/mol. The first-order chi connectivity index (χ1) is 8.56. The second-order valence-electron chi connectivity index (χ2n) is 7.10. The zero-order valence-electron chi connectivity index (χ0n) is 12.8. The Labute approximate surface area is 114 Å². The molecule has 0 aromatic rings. The lowest BCUT2D eigenvalue weighted by Crippen LogP contribution is -2.48. The van der Waals surface area contributed by atoms with Gasteiger partial charge in [-0.3, -0.25) is 4.90 Å². The first-order valence-corrected chi connectivity index (χ1v) is 7.99. The Morgan fingerprint density at radius 3 is 2.61 bits per heavy atom. The summed E-state index contributed by atoms with van der Waals surface area (Å²) in [5.74, 6) is 1.84. The number of nitrogens with zero attached hydrogens (tertiary/aromatic N) is 1. The SMILES string of the molecule is CCC1CCC(NC)C(CN2CCCC2(C)C)C1. The van der Waals surface area contributed by atoms with E-state index in [4.69, 9.17) is 0 Å². The molecule has 1 saturated carbocycles. The summed E-state index contributed by atoms with van der Waals surface area (Å²) in [5.41, 5.74) is 0.442. The molecule has 0 aromatic carbocycles. The molecule has 0 radical (unpaired) electrons. The summed E-state index contributed by atoms with van der Waals surface area (Å²) in [7, 11) is 2.15. The van der Waals surface area contributed by atoms with Gasteiger partial charge in [0.05, 0.1) is 0 Å². The van der Waals surface area contributed by atoms with Gasteiger partial charge < -0.3 is 5.32 Å². The Morgan fingerprint density at radius 1 is 1.28 bits per heavy atom. The smallest absolute Gasteiger partial charge is 0.0153 e. The number of nitrogens with one attached hydrogen (secondary N) is 1. The molecule has 0 spiro atoms. The lowest BCUT2D eigenvalue weighted by Gasteiger charge is -2.41. The van der Waals surface area contributed by atoms with E-state index >= 15 is 0 Å². The minimum absolute atomic E-state index is 0.442. The summed E-state index contributed by atoms with van der Waals surface area (Å²) >= 11 is 0. The molecular formula is C16H32N2. The molecule has 3 atom stereocenters. The predicted molar refractivity (Wildman–Crippen MR) is 78.9 cm³/mol. The van der Waals surface area contributed by atoms with Crippen molar-refractivity contribution >= 4 is 0 Å². The molecule has 1 aliphatic carbocycles. The highest BCUT2D eigenvalue weighted by Crippen LogP contribution is 2.35. The van der Waals surface area contributed by atoms with E-state index in [9.17, 15) is 0 Å². The molecule has 2 rings (SSSR count). The van der Waals surface area contributed by atoms with Gasteiger partial charge in [0.2, 0.25) is 0 Å². The van der Waals surface area contributed by atoms with E-state index in [0.717, 1.165) is 17.9 Å². The van der Waals surface area contributed by atoms with Crippen molar-refractivity contribution in [1.29, 1.82) is 0 Å². The van der Waals surface area contributed by atoms with Crippen LogP contribution in [0.25, 0.3) is 0 Å². The van der Waals surface area contributed by atoms with Gasteiger partial charge in [-0.2, -0.15) is 0 Å². The van der Waals surface area contributed by atoms with Gasteiger partial charge in [-0.25, -0.2) is 0 Å². The van der Waals surface area contributed by atoms with Crippen LogP contribution in [0.5, 0.6) is 0 Å². The average molecular weight is 252 g/mol. The molecule has 2 fully saturated rings. The van der Waals surface area contributed by atoms with E-state index in [-0.39, 0.29) is 0 Å². The van der Waals surface area contributed by atoms with Crippen LogP contribution in [-0.4, -0.2) is 36.6 Å². The molecule has 2 nitrogen and oxygen atoms in total. The number of rotatable bonds is 4. The lowest BCUT2D eigenvalue weighted by atomic mass is 9.76. The van der Waals surface area contributed by atoms with Gasteiger partial charge in [0, 0.05) is 18.1 Å². The van der Waals surface area contributed by atoms with Crippen molar-refractivity contribution in [3.05, 3.63) is 0 Å². The van der Waals surface area contributed by atoms with Gasteiger partial charge in [-0.05, 0) is 71.4 Å². The molecule has 18 heavy (non-hydrogen) atoms. The summed E-state index contributed by atoms with van der Waals surface area (Å²) in [5, 5.41) is 3.57. The number of hydrogen-bond donors (Lipinski definition) is 1. The Balaban J connectivity index is 1.96. The Morgan fingerprint density at radius 2 is 2.06 bits per heavy atom. The standard InChI is InChI=1S/C16H32N2/c1-5-13-7-8-15(17-4)14(11-13)12-18-10-6-9-16(18,2)3/h13-15,17H,5-12H2,1-4H3. The third-order valence-corrected chi connectivity index (χ3v) is 5.57. The zero-order chi connectivity index (χ0) is 13.2. The normalized spacial score (nSPS) is 37.0. The highest BCUT2D eigenvalue weighted by atomic mass is 15.2. The van der Waals surface area contributed by atoms with Crippen molar-refractivity contribution in [2.45, 2.75) is 70.9 Å². The minimum atomic E-state index is 0.442. The largest absolute Gasteiger partial charge is 0.317 e. The minimum Gasteiger partial charge on any atom is -0.317 e. The van der Waals surface area contributed by atoms with Crippen molar-refractivity contribution in [1.82, 2.24) is 10.2 Å². The quantitative estimate of drug-likeness (QED) is 0.826. The van der Waals surface area contributed by atoms with E-state index in [1.807, 2.05) is 0 Å². The molecule has 1 heterocycles. The summed E-state index contributed by atoms with van der Waals surface area (Å²) in [6.45, 7) is 9.84. The van der Waals surface area contributed by atoms with Crippen LogP contribution in [0.15, 0.2) is 0 Å². The molecule has 1 saturated heterocycles. The summed E-state index contributed by atoms with van der Waals surface area (Å²) in [4.78, 5) is 2.75. The lowest BCUT2D eigenvalue weighted by molar-refractivity contribution is 0.100. The van der Waals surface area contributed by atoms with E-state index in [2.05, 4.69) is 38.0 Å². The van der Waals surface area contributed by atoms with Crippen LogP contribution in [0.2, 0.25) is 0 Å².